The first-order chi connectivity index (χ1) is 33.9. The van der Waals surface area contributed by atoms with Gasteiger partial charge in [-0.05, 0) is 106 Å². The van der Waals surface area contributed by atoms with Gasteiger partial charge in [0.1, 0.15) is 22.7 Å². The molecule has 6 N–H and O–H groups in total. The van der Waals surface area contributed by atoms with Crippen molar-refractivity contribution in [2.45, 2.75) is 153 Å². The Hall–Kier alpha value is -6.81. The third kappa shape index (κ3) is 10.4. The number of nitrogens with zero attached hydrogens (tertiary/aromatic N) is 5. The number of aliphatic imine (C=N–C) groups is 2. The van der Waals surface area contributed by atoms with Crippen molar-refractivity contribution < 1.29 is 33.4 Å². The van der Waals surface area contributed by atoms with Crippen LogP contribution in [0.15, 0.2) is 95.2 Å². The summed E-state index contributed by atoms with van der Waals surface area (Å²) in [6.07, 6.45) is 7.88. The van der Waals surface area contributed by atoms with Gasteiger partial charge in [-0.1, -0.05) is 64.1 Å². The number of ether oxygens (including phenoxy) is 3. The summed E-state index contributed by atoms with van der Waals surface area (Å²) < 4.78 is 18.7. The normalized spacial score (nSPS) is 22.3. The number of pyridine rings is 1. The monoisotopic (exact) mass is 968 g/mol. The van der Waals surface area contributed by atoms with Gasteiger partial charge in [-0.2, -0.15) is 0 Å². The van der Waals surface area contributed by atoms with Gasteiger partial charge >= 0.3 is 0 Å². The number of carbonyl (C=O) groups excluding carboxylic acids is 4. The van der Waals surface area contributed by atoms with Crippen molar-refractivity contribution in [3.63, 3.8) is 0 Å². The molecule has 4 amide bonds. The molecule has 0 spiro atoms. The minimum absolute atomic E-state index is 0.105. The molecular weight excluding hydrogens is 899 g/mol. The second kappa shape index (κ2) is 20.1. The fraction of sp³-hybridized carbons (Fsp3) is 0.473. The molecule has 0 fully saturated rings. The largest absolute Gasteiger partial charge is 0.487 e. The lowest BCUT2D eigenvalue weighted by molar-refractivity contribution is -0.132. The van der Waals surface area contributed by atoms with Crippen LogP contribution >= 0.6 is 0 Å². The molecule has 16 heteroatoms. The molecule has 4 atom stereocenters. The molecule has 0 aliphatic carbocycles. The third-order valence-electron chi connectivity index (χ3n) is 15.1. The zero-order valence-electron chi connectivity index (χ0n) is 42.3. The maximum Gasteiger partial charge on any atom is 0.253 e. The zero-order valence-corrected chi connectivity index (χ0v) is 42.3. The van der Waals surface area contributed by atoms with Gasteiger partial charge in [-0.3, -0.25) is 34.0 Å². The number of fused-ring (bicyclic) bond motifs is 2. The molecule has 3 aromatic carbocycles. The highest BCUT2D eigenvalue weighted by Crippen LogP contribution is 2.46. The van der Waals surface area contributed by atoms with E-state index in [1.807, 2.05) is 103 Å². The van der Waals surface area contributed by atoms with Gasteiger partial charge in [0.25, 0.3) is 11.8 Å². The summed E-state index contributed by atoms with van der Waals surface area (Å²) in [5.41, 5.74) is 15.1. The fourth-order valence-electron chi connectivity index (χ4n) is 10.8. The number of benzene rings is 3. The van der Waals surface area contributed by atoms with Crippen LogP contribution < -0.4 is 31.6 Å². The van der Waals surface area contributed by atoms with Crippen molar-refractivity contribution >= 4 is 35.5 Å². The smallest absolute Gasteiger partial charge is 0.253 e. The van der Waals surface area contributed by atoms with Crippen molar-refractivity contribution in [2.24, 2.45) is 21.5 Å². The van der Waals surface area contributed by atoms with Gasteiger partial charge in [0.2, 0.25) is 11.8 Å². The highest BCUT2D eigenvalue weighted by atomic mass is 16.5. The van der Waals surface area contributed by atoms with Crippen LogP contribution in [-0.2, 0) is 27.3 Å². The Bertz CT molecular complexity index is 2750. The maximum atomic E-state index is 14.3. The number of para-hydroxylation sites is 1. The van der Waals surface area contributed by atoms with E-state index in [1.54, 1.807) is 30.3 Å². The molecule has 0 radical (unpaired) electrons. The Kier molecular flexibility index (Phi) is 14.3. The summed E-state index contributed by atoms with van der Waals surface area (Å²) in [7, 11) is 1.61. The van der Waals surface area contributed by atoms with Crippen molar-refractivity contribution in [1.82, 2.24) is 25.4 Å². The van der Waals surface area contributed by atoms with E-state index < -0.39 is 40.4 Å². The van der Waals surface area contributed by atoms with E-state index >= 15 is 0 Å². The molecule has 16 nitrogen and oxygen atoms in total. The molecule has 71 heavy (non-hydrogen) atoms. The molecule has 4 aliphatic rings. The van der Waals surface area contributed by atoms with E-state index in [4.69, 9.17) is 35.7 Å². The maximum absolute atomic E-state index is 14.3. The molecule has 8 rings (SSSR count). The van der Waals surface area contributed by atoms with Crippen molar-refractivity contribution in [3.05, 3.63) is 124 Å². The van der Waals surface area contributed by atoms with E-state index in [0.29, 0.717) is 79.7 Å². The molecule has 3 unspecified atom stereocenters. The van der Waals surface area contributed by atoms with Crippen LogP contribution in [-0.4, -0.2) is 86.3 Å². The number of nitrogens with two attached hydrogens (primary N) is 2. The predicted molar refractivity (Wildman–Crippen MR) is 272 cm³/mol. The highest BCUT2D eigenvalue weighted by Gasteiger charge is 2.45. The van der Waals surface area contributed by atoms with Crippen LogP contribution in [0.2, 0.25) is 0 Å². The Morgan fingerprint density at radius 3 is 2.13 bits per heavy atom. The van der Waals surface area contributed by atoms with E-state index in [0.717, 1.165) is 22.3 Å². The number of hydrogen-bond acceptors (Lipinski definition) is 12. The van der Waals surface area contributed by atoms with E-state index in [-0.39, 0.29) is 54.9 Å². The van der Waals surface area contributed by atoms with Crippen LogP contribution in [0.25, 0.3) is 0 Å². The number of carbonyl (C=O) groups is 4. The van der Waals surface area contributed by atoms with Crippen LogP contribution in [0.5, 0.6) is 11.5 Å². The Balaban J connectivity index is 0.988. The number of guanidine groups is 2. The summed E-state index contributed by atoms with van der Waals surface area (Å²) in [5.74, 6) is 0.862. The number of aromatic nitrogens is 1. The fourth-order valence-corrected chi connectivity index (χ4v) is 10.8. The zero-order chi connectivity index (χ0) is 50.9. The number of amides is 4. The van der Waals surface area contributed by atoms with E-state index in [9.17, 15) is 19.2 Å². The van der Waals surface area contributed by atoms with Crippen LogP contribution in [0, 0.1) is 0 Å². The van der Waals surface area contributed by atoms with Gasteiger partial charge in [-0.25, -0.2) is 9.98 Å². The number of methoxy groups -OCH3 is 1. The van der Waals surface area contributed by atoms with Gasteiger partial charge < -0.3 is 36.3 Å². The molecular formula is C55H69N9O7. The van der Waals surface area contributed by atoms with Crippen LogP contribution in [0.4, 0.5) is 0 Å². The van der Waals surface area contributed by atoms with Gasteiger partial charge in [0.15, 0.2) is 11.9 Å². The summed E-state index contributed by atoms with van der Waals surface area (Å²) >= 11 is 0. The minimum atomic E-state index is -0.795. The first-order valence-corrected chi connectivity index (χ1v) is 24.9. The average Bonchev–Trinajstić information content (AvgIpc) is 3.60. The van der Waals surface area contributed by atoms with Crippen molar-refractivity contribution in [3.8, 4) is 11.5 Å². The van der Waals surface area contributed by atoms with Crippen LogP contribution in [0.1, 0.15) is 166 Å². The summed E-state index contributed by atoms with van der Waals surface area (Å²) in [6, 6.07) is 21.3. The summed E-state index contributed by atoms with van der Waals surface area (Å²) in [6.45, 7) is 14.5. The van der Waals surface area contributed by atoms with Crippen molar-refractivity contribution in [2.75, 3.05) is 13.7 Å². The third-order valence-corrected chi connectivity index (χ3v) is 15.1. The van der Waals surface area contributed by atoms with Crippen LogP contribution in [0.3, 0.4) is 0 Å². The molecule has 0 saturated heterocycles. The Morgan fingerprint density at radius 2 is 1.44 bits per heavy atom. The second-order valence-electron chi connectivity index (χ2n) is 20.4. The van der Waals surface area contributed by atoms with Gasteiger partial charge in [-0.15, -0.1) is 0 Å². The van der Waals surface area contributed by atoms with E-state index in [2.05, 4.69) is 21.7 Å². The first-order valence-electron chi connectivity index (χ1n) is 24.9. The average molecular weight is 968 g/mol. The molecule has 1 aromatic heterocycles. The van der Waals surface area contributed by atoms with Gasteiger partial charge in [0, 0.05) is 55.6 Å². The van der Waals surface area contributed by atoms with Gasteiger partial charge in [0.05, 0.1) is 54.2 Å². The lowest BCUT2D eigenvalue weighted by atomic mass is 9.83. The SMILES string of the molecule is CCC1(CC)CC(=O)N(Cc2cncc(C(=O)NC3CC(C)(Cc4ccc5c(c4)C(NC(=O)c4cccc([C@@H](CCOC)N6C(=O)CC(CC)(CC)N=C6N)c4)C(C)(C)O5)Oc4ccccc43)c2)C(N)=N1. The molecule has 0 saturated carbocycles. The molecule has 5 heterocycles. The van der Waals surface area contributed by atoms with Crippen molar-refractivity contribution in [1.29, 1.82) is 0 Å². The summed E-state index contributed by atoms with van der Waals surface area (Å²) in [4.78, 5) is 72.4. The standard InChI is InChI=1S/C55H69N9O7/c1-9-54(10-2)29-45(65)63(50(56)61-54)33-35-24-38(32-58-31-35)49(68)59-41-28-53(7,71-43-19-14-13-18-39(41)43)27-34-20-21-44-40(25-34)47(52(5,6)70-44)60-48(67)37-17-15-16-36(26-37)42(22-23-69-8)64-46(66)30-55(11-3,12-4)62-51(64)57/h13-21,24-26,31-32,41-42,47H,9-12,22-23,27-30,33H2,1-8H3,(H2,56,61)(H2,57,62)(H,59,68)(H,60,67)/t41?,42-,47?,53?/m1/s1. The number of rotatable bonds is 17. The number of hydrogen-bond donors (Lipinski definition) is 4. The quantitative estimate of drug-likeness (QED) is 0.0806. The molecule has 4 aromatic rings. The first kappa shape index (κ1) is 50.6. The lowest BCUT2D eigenvalue weighted by Gasteiger charge is -2.40. The molecule has 376 valence electrons. The Labute approximate surface area is 417 Å². The number of nitrogens with one attached hydrogen (secondary N) is 2. The summed E-state index contributed by atoms with van der Waals surface area (Å²) in [5, 5.41) is 6.54. The topological polar surface area (TPSA) is 216 Å². The Morgan fingerprint density at radius 1 is 0.761 bits per heavy atom. The lowest BCUT2D eigenvalue weighted by Crippen LogP contribution is -2.52. The highest BCUT2D eigenvalue weighted by molar-refractivity contribution is 6.00. The second-order valence-corrected chi connectivity index (χ2v) is 20.4. The molecule has 0 bridgehead atoms. The minimum Gasteiger partial charge on any atom is -0.487 e. The van der Waals surface area contributed by atoms with E-state index in [1.165, 1.54) is 11.1 Å². The predicted octanol–water partition coefficient (Wildman–Crippen LogP) is 7.77. The molecule has 4 aliphatic heterocycles.